The number of nitrogens with one attached hydrogen (secondary N) is 1. The lowest BCUT2D eigenvalue weighted by Crippen LogP contribution is -2.36. The van der Waals surface area contributed by atoms with Crippen molar-refractivity contribution < 1.29 is 0 Å². The molecule has 0 unspecified atom stereocenters. The fourth-order valence-electron chi connectivity index (χ4n) is 3.45. The molecule has 0 saturated carbocycles. The third-order valence-electron chi connectivity index (χ3n) is 5.08. The van der Waals surface area contributed by atoms with Gasteiger partial charge in [-0.2, -0.15) is 0 Å². The van der Waals surface area contributed by atoms with Crippen molar-refractivity contribution in [1.29, 1.82) is 0 Å². The number of halogens is 2. The Morgan fingerprint density at radius 1 is 0.857 bits per heavy atom. The third kappa shape index (κ3) is 4.46. The third-order valence-corrected chi connectivity index (χ3v) is 5.58. The average molecular weight is 413 g/mol. The summed E-state index contributed by atoms with van der Waals surface area (Å²) in [6.45, 7) is 2.19. The van der Waals surface area contributed by atoms with Crippen LogP contribution >= 0.6 is 23.2 Å². The van der Waals surface area contributed by atoms with E-state index in [1.807, 2.05) is 54.7 Å². The smallest absolute Gasteiger partial charge is 0.145 e. The molecule has 1 aromatic heterocycles. The van der Waals surface area contributed by atoms with Gasteiger partial charge in [0.2, 0.25) is 0 Å². The van der Waals surface area contributed by atoms with E-state index in [0.717, 1.165) is 54.3 Å². The highest BCUT2D eigenvalue weighted by atomic mass is 35.5. The van der Waals surface area contributed by atoms with Gasteiger partial charge in [0.15, 0.2) is 0 Å². The van der Waals surface area contributed by atoms with Gasteiger partial charge in [0.1, 0.15) is 5.82 Å². The quantitative estimate of drug-likeness (QED) is 0.603. The highest BCUT2D eigenvalue weighted by molar-refractivity contribution is 6.31. The van der Waals surface area contributed by atoms with Crippen LogP contribution in [0, 0.1) is 0 Å². The van der Waals surface area contributed by atoms with E-state index in [9.17, 15) is 0 Å². The molecule has 0 bridgehead atoms. The Morgan fingerprint density at radius 3 is 1.96 bits per heavy atom. The van der Waals surface area contributed by atoms with Crippen molar-refractivity contribution in [2.75, 3.05) is 25.5 Å². The Labute approximate surface area is 175 Å². The summed E-state index contributed by atoms with van der Waals surface area (Å²) in [6.07, 6.45) is 4.03. The number of likely N-dealkylation sites (tertiary alicyclic amines) is 1. The highest BCUT2D eigenvalue weighted by Crippen LogP contribution is 2.31. The Balaban J connectivity index is 1.70. The molecule has 0 radical (unpaired) electrons. The maximum absolute atomic E-state index is 6.08. The van der Waals surface area contributed by atoms with Gasteiger partial charge < -0.3 is 10.2 Å². The number of nitrogens with zero attached hydrogens (tertiary/aromatic N) is 3. The lowest BCUT2D eigenvalue weighted by atomic mass is 10.0. The van der Waals surface area contributed by atoms with Gasteiger partial charge in [-0.15, -0.1) is 0 Å². The molecule has 3 aromatic rings. The minimum Gasteiger partial charge on any atom is -0.366 e. The van der Waals surface area contributed by atoms with E-state index >= 15 is 0 Å². The summed E-state index contributed by atoms with van der Waals surface area (Å²) in [5, 5.41) is 4.96. The summed E-state index contributed by atoms with van der Waals surface area (Å²) >= 11 is 12.1. The van der Waals surface area contributed by atoms with E-state index in [-0.39, 0.29) is 0 Å². The topological polar surface area (TPSA) is 41.0 Å². The molecule has 2 heterocycles. The summed E-state index contributed by atoms with van der Waals surface area (Å²) in [5.74, 6) is 0.803. The monoisotopic (exact) mass is 412 g/mol. The molecular weight excluding hydrogens is 391 g/mol. The maximum Gasteiger partial charge on any atom is 0.145 e. The largest absolute Gasteiger partial charge is 0.366 e. The molecule has 0 amide bonds. The number of anilines is 1. The number of hydrogen-bond acceptors (Lipinski definition) is 4. The Hall–Kier alpha value is -2.14. The molecule has 1 fully saturated rings. The Morgan fingerprint density at radius 2 is 1.39 bits per heavy atom. The minimum absolute atomic E-state index is 0.421. The predicted molar refractivity (Wildman–Crippen MR) is 117 cm³/mol. The van der Waals surface area contributed by atoms with Crippen molar-refractivity contribution >= 4 is 29.0 Å². The second kappa shape index (κ2) is 8.48. The number of piperidine rings is 1. The van der Waals surface area contributed by atoms with E-state index in [2.05, 4.69) is 17.3 Å². The van der Waals surface area contributed by atoms with Crippen molar-refractivity contribution in [3.05, 3.63) is 64.8 Å². The SMILES string of the molecule is CN1CCC(Nc2cnc(-c3ccc(Cl)cc3)c(-c3ccc(Cl)cc3)n2)CC1. The van der Waals surface area contributed by atoms with Crippen LogP contribution < -0.4 is 5.32 Å². The summed E-state index contributed by atoms with van der Waals surface area (Å²) in [7, 11) is 2.16. The van der Waals surface area contributed by atoms with Crippen molar-refractivity contribution in [1.82, 2.24) is 14.9 Å². The van der Waals surface area contributed by atoms with E-state index in [0.29, 0.717) is 16.1 Å². The molecule has 144 valence electrons. The van der Waals surface area contributed by atoms with Crippen LogP contribution in [0.25, 0.3) is 22.5 Å². The first-order valence-electron chi connectivity index (χ1n) is 9.42. The van der Waals surface area contributed by atoms with Crippen molar-refractivity contribution in [2.45, 2.75) is 18.9 Å². The minimum atomic E-state index is 0.421. The molecule has 4 rings (SSSR count). The molecule has 1 aliphatic heterocycles. The summed E-state index contributed by atoms with van der Waals surface area (Å²) in [4.78, 5) is 12.0. The van der Waals surface area contributed by atoms with Gasteiger partial charge in [0.05, 0.1) is 17.6 Å². The normalized spacial score (nSPS) is 15.5. The Bertz CT molecular complexity index is 934. The highest BCUT2D eigenvalue weighted by Gasteiger charge is 2.18. The fraction of sp³-hybridized carbons (Fsp3) is 0.273. The molecule has 0 spiro atoms. The van der Waals surface area contributed by atoms with Crippen LogP contribution in [0.5, 0.6) is 0 Å². The summed E-state index contributed by atoms with van der Waals surface area (Å²) < 4.78 is 0. The first kappa shape index (κ1) is 19.2. The second-order valence-corrected chi connectivity index (χ2v) is 8.06. The van der Waals surface area contributed by atoms with Crippen LogP contribution in [0.3, 0.4) is 0 Å². The number of aromatic nitrogens is 2. The molecule has 1 saturated heterocycles. The molecule has 4 nitrogen and oxygen atoms in total. The maximum atomic E-state index is 6.08. The van der Waals surface area contributed by atoms with Crippen LogP contribution in [-0.2, 0) is 0 Å². The zero-order valence-corrected chi connectivity index (χ0v) is 17.2. The Kier molecular flexibility index (Phi) is 5.81. The van der Waals surface area contributed by atoms with Gasteiger partial charge in [-0.25, -0.2) is 4.98 Å². The molecular formula is C22H22Cl2N4. The van der Waals surface area contributed by atoms with Gasteiger partial charge in [-0.3, -0.25) is 4.98 Å². The second-order valence-electron chi connectivity index (χ2n) is 7.19. The van der Waals surface area contributed by atoms with Gasteiger partial charge in [-0.1, -0.05) is 47.5 Å². The van der Waals surface area contributed by atoms with Crippen LogP contribution in [0.15, 0.2) is 54.7 Å². The predicted octanol–water partition coefficient (Wildman–Crippen LogP) is 5.62. The molecule has 1 aliphatic rings. The molecule has 2 aromatic carbocycles. The van der Waals surface area contributed by atoms with Gasteiger partial charge in [0.25, 0.3) is 0 Å². The summed E-state index contributed by atoms with van der Waals surface area (Å²) in [5.41, 5.74) is 3.62. The van der Waals surface area contributed by atoms with E-state index in [4.69, 9.17) is 33.2 Å². The van der Waals surface area contributed by atoms with E-state index < -0.39 is 0 Å². The molecule has 0 aliphatic carbocycles. The van der Waals surface area contributed by atoms with Crippen molar-refractivity contribution in [3.8, 4) is 22.5 Å². The molecule has 6 heteroatoms. The number of benzene rings is 2. The van der Waals surface area contributed by atoms with Crippen LogP contribution in [0.4, 0.5) is 5.82 Å². The van der Waals surface area contributed by atoms with Gasteiger partial charge in [-0.05, 0) is 57.2 Å². The van der Waals surface area contributed by atoms with Crippen molar-refractivity contribution in [2.24, 2.45) is 0 Å². The lowest BCUT2D eigenvalue weighted by molar-refractivity contribution is 0.263. The lowest BCUT2D eigenvalue weighted by Gasteiger charge is -2.29. The van der Waals surface area contributed by atoms with E-state index in [1.54, 1.807) is 0 Å². The van der Waals surface area contributed by atoms with Gasteiger partial charge in [0, 0.05) is 27.2 Å². The molecule has 28 heavy (non-hydrogen) atoms. The van der Waals surface area contributed by atoms with Crippen LogP contribution in [-0.4, -0.2) is 41.0 Å². The fourth-order valence-corrected chi connectivity index (χ4v) is 3.70. The van der Waals surface area contributed by atoms with Crippen LogP contribution in [0.2, 0.25) is 10.0 Å². The number of rotatable bonds is 4. The molecule has 1 N–H and O–H groups in total. The first-order chi connectivity index (χ1) is 13.6. The van der Waals surface area contributed by atoms with Crippen LogP contribution in [0.1, 0.15) is 12.8 Å². The zero-order chi connectivity index (χ0) is 19.5. The van der Waals surface area contributed by atoms with Crippen molar-refractivity contribution in [3.63, 3.8) is 0 Å². The summed E-state index contributed by atoms with van der Waals surface area (Å²) in [6, 6.07) is 15.8. The average Bonchev–Trinajstić information content (AvgIpc) is 2.71. The standard InChI is InChI=1S/C22H22Cl2N4/c1-28-12-10-19(11-13-28)26-20-14-25-21(15-2-6-17(23)7-3-15)22(27-20)16-4-8-18(24)9-5-16/h2-9,14,19H,10-13H2,1H3,(H,26,27). The zero-order valence-electron chi connectivity index (χ0n) is 15.7. The molecule has 0 atom stereocenters. The first-order valence-corrected chi connectivity index (χ1v) is 10.2. The number of hydrogen-bond donors (Lipinski definition) is 1. The van der Waals surface area contributed by atoms with E-state index in [1.165, 1.54) is 0 Å². The van der Waals surface area contributed by atoms with Gasteiger partial charge >= 0.3 is 0 Å².